The van der Waals surface area contributed by atoms with E-state index in [1.165, 1.54) is 13.8 Å². The Labute approximate surface area is 98.7 Å². The van der Waals surface area contributed by atoms with E-state index in [9.17, 15) is 19.8 Å². The molecule has 0 spiro atoms. The summed E-state index contributed by atoms with van der Waals surface area (Å²) < 4.78 is 9.99. The molecule has 0 unspecified atom stereocenters. The Morgan fingerprint density at radius 3 is 2.35 bits per heavy atom. The molecule has 1 amide bonds. The second-order valence-electron chi connectivity index (χ2n) is 4.02. The quantitative estimate of drug-likeness (QED) is 0.514. The Morgan fingerprint density at radius 2 is 1.88 bits per heavy atom. The fourth-order valence-electron chi connectivity index (χ4n) is 1.80. The number of hydrogen-bond acceptors (Lipinski definition) is 6. The van der Waals surface area contributed by atoms with E-state index in [1.807, 2.05) is 0 Å². The predicted octanol–water partition coefficient (Wildman–Crippen LogP) is -1.48. The van der Waals surface area contributed by atoms with Crippen molar-refractivity contribution in [3.63, 3.8) is 0 Å². The van der Waals surface area contributed by atoms with Crippen LogP contribution in [0.3, 0.4) is 0 Å². The van der Waals surface area contributed by atoms with Crippen LogP contribution in [0.15, 0.2) is 0 Å². The van der Waals surface area contributed by atoms with Gasteiger partial charge in [-0.25, -0.2) is 0 Å². The van der Waals surface area contributed by atoms with Crippen LogP contribution in [0.1, 0.15) is 20.8 Å². The second-order valence-corrected chi connectivity index (χ2v) is 4.02. The van der Waals surface area contributed by atoms with Crippen LogP contribution in [0, 0.1) is 0 Å². The summed E-state index contributed by atoms with van der Waals surface area (Å²) in [6, 6.07) is -0.893. The molecular weight excluding hydrogens is 230 g/mol. The van der Waals surface area contributed by atoms with Crippen molar-refractivity contribution in [3.05, 3.63) is 0 Å². The molecule has 0 aromatic heterocycles. The van der Waals surface area contributed by atoms with Crippen LogP contribution >= 0.6 is 0 Å². The van der Waals surface area contributed by atoms with Gasteiger partial charge in [-0.05, 0) is 6.92 Å². The highest BCUT2D eigenvalue weighted by molar-refractivity contribution is 5.73. The van der Waals surface area contributed by atoms with Gasteiger partial charge in [0.15, 0.2) is 12.4 Å². The van der Waals surface area contributed by atoms with Crippen molar-refractivity contribution in [1.82, 2.24) is 5.32 Å². The monoisotopic (exact) mass is 247 g/mol. The maximum atomic E-state index is 11.0. The first kappa shape index (κ1) is 13.9. The van der Waals surface area contributed by atoms with Crippen LogP contribution in [-0.4, -0.2) is 52.7 Å². The smallest absolute Gasteiger partial charge is 0.303 e. The van der Waals surface area contributed by atoms with Crippen LogP contribution in [0.25, 0.3) is 0 Å². The Hall–Kier alpha value is -1.18. The van der Waals surface area contributed by atoms with Gasteiger partial charge in [-0.2, -0.15) is 0 Å². The minimum absolute atomic E-state index is 0.396. The van der Waals surface area contributed by atoms with Gasteiger partial charge in [0.25, 0.3) is 0 Å². The summed E-state index contributed by atoms with van der Waals surface area (Å²) in [5, 5.41) is 21.6. The molecule has 0 aromatic carbocycles. The molecule has 98 valence electrons. The SMILES string of the molecule is CC(=O)N[C@@H]1[C@H](O)[C@H](O)O[C@H](C)[C@H]1OC(C)=O. The third-order valence-corrected chi connectivity index (χ3v) is 2.50. The number of aliphatic hydroxyl groups excluding tert-OH is 2. The Morgan fingerprint density at radius 1 is 1.29 bits per heavy atom. The van der Waals surface area contributed by atoms with Crippen molar-refractivity contribution in [2.75, 3.05) is 0 Å². The van der Waals surface area contributed by atoms with Crippen LogP contribution in [0.4, 0.5) is 0 Å². The molecule has 1 aliphatic heterocycles. The van der Waals surface area contributed by atoms with E-state index < -0.39 is 42.5 Å². The van der Waals surface area contributed by atoms with E-state index in [2.05, 4.69) is 5.32 Å². The van der Waals surface area contributed by atoms with Crippen LogP contribution in [-0.2, 0) is 19.1 Å². The highest BCUT2D eigenvalue weighted by Gasteiger charge is 2.45. The predicted molar refractivity (Wildman–Crippen MR) is 55.7 cm³/mol. The molecule has 0 bridgehead atoms. The summed E-state index contributed by atoms with van der Waals surface area (Å²) in [5.41, 5.74) is 0. The first-order valence-corrected chi connectivity index (χ1v) is 5.29. The number of amides is 1. The lowest BCUT2D eigenvalue weighted by Crippen LogP contribution is -2.64. The van der Waals surface area contributed by atoms with Gasteiger partial charge >= 0.3 is 5.97 Å². The molecule has 7 heteroatoms. The fourth-order valence-corrected chi connectivity index (χ4v) is 1.80. The van der Waals surface area contributed by atoms with Gasteiger partial charge in [0.05, 0.1) is 12.1 Å². The molecule has 0 saturated carbocycles. The highest BCUT2D eigenvalue weighted by Crippen LogP contribution is 2.22. The Balaban J connectivity index is 2.86. The first-order chi connectivity index (χ1) is 7.82. The standard InChI is InChI=1S/C10H17NO6/c1-4-9(17-6(3)13)7(11-5(2)12)8(14)10(15)16-4/h4,7-10,14-15H,1-3H3,(H,11,12)/t4-,7-,8+,9-,10-/m1/s1. The number of hydrogen-bond donors (Lipinski definition) is 3. The number of carbonyl (C=O) groups is 2. The third-order valence-electron chi connectivity index (χ3n) is 2.50. The molecule has 1 saturated heterocycles. The molecule has 7 nitrogen and oxygen atoms in total. The van der Waals surface area contributed by atoms with E-state index in [-0.39, 0.29) is 0 Å². The average Bonchev–Trinajstić information content (AvgIpc) is 2.19. The molecule has 17 heavy (non-hydrogen) atoms. The molecule has 1 fully saturated rings. The molecule has 1 heterocycles. The minimum atomic E-state index is -1.42. The zero-order chi connectivity index (χ0) is 13.2. The van der Waals surface area contributed by atoms with E-state index in [1.54, 1.807) is 6.92 Å². The Bertz CT molecular complexity index is 307. The van der Waals surface area contributed by atoms with E-state index in [0.717, 1.165) is 0 Å². The largest absolute Gasteiger partial charge is 0.457 e. The summed E-state index contributed by atoms with van der Waals surface area (Å²) in [4.78, 5) is 22.0. The molecule has 0 aliphatic carbocycles. The summed E-state index contributed by atoms with van der Waals surface area (Å²) in [5.74, 6) is -0.947. The molecule has 0 radical (unpaired) electrons. The lowest BCUT2D eigenvalue weighted by molar-refractivity contribution is -0.256. The van der Waals surface area contributed by atoms with Crippen LogP contribution in [0.2, 0.25) is 0 Å². The Kier molecular flexibility index (Phi) is 4.44. The molecule has 0 aromatic rings. The normalized spacial score (nSPS) is 37.4. The second kappa shape index (κ2) is 5.44. The zero-order valence-corrected chi connectivity index (χ0v) is 9.91. The lowest BCUT2D eigenvalue weighted by Gasteiger charge is -2.41. The van der Waals surface area contributed by atoms with Gasteiger partial charge < -0.3 is 25.0 Å². The number of aliphatic hydroxyl groups is 2. The summed E-state index contributed by atoms with van der Waals surface area (Å²) in [6.07, 6.45) is -4.24. The summed E-state index contributed by atoms with van der Waals surface area (Å²) in [7, 11) is 0. The van der Waals surface area contributed by atoms with Crippen molar-refractivity contribution in [2.24, 2.45) is 0 Å². The maximum Gasteiger partial charge on any atom is 0.303 e. The minimum Gasteiger partial charge on any atom is -0.457 e. The van der Waals surface area contributed by atoms with Gasteiger partial charge in [-0.3, -0.25) is 9.59 Å². The van der Waals surface area contributed by atoms with Crippen molar-refractivity contribution in [3.8, 4) is 0 Å². The number of ether oxygens (including phenoxy) is 2. The molecular formula is C10H17NO6. The van der Waals surface area contributed by atoms with Gasteiger partial charge in [-0.15, -0.1) is 0 Å². The van der Waals surface area contributed by atoms with Gasteiger partial charge in [0, 0.05) is 13.8 Å². The number of esters is 1. The topological polar surface area (TPSA) is 105 Å². The van der Waals surface area contributed by atoms with Gasteiger partial charge in [-0.1, -0.05) is 0 Å². The molecule has 1 aliphatic rings. The van der Waals surface area contributed by atoms with Crippen LogP contribution < -0.4 is 5.32 Å². The zero-order valence-electron chi connectivity index (χ0n) is 9.91. The maximum absolute atomic E-state index is 11.0. The van der Waals surface area contributed by atoms with Crippen molar-refractivity contribution in [1.29, 1.82) is 0 Å². The molecule has 3 N–H and O–H groups in total. The van der Waals surface area contributed by atoms with E-state index >= 15 is 0 Å². The van der Waals surface area contributed by atoms with Gasteiger partial charge in [0.2, 0.25) is 5.91 Å². The number of rotatable bonds is 2. The summed E-state index contributed by atoms with van der Waals surface area (Å²) >= 11 is 0. The average molecular weight is 247 g/mol. The van der Waals surface area contributed by atoms with Gasteiger partial charge in [0.1, 0.15) is 6.10 Å². The van der Waals surface area contributed by atoms with E-state index in [0.29, 0.717) is 0 Å². The summed E-state index contributed by atoms with van der Waals surface area (Å²) in [6.45, 7) is 4.07. The van der Waals surface area contributed by atoms with Crippen molar-refractivity contribution in [2.45, 2.75) is 51.4 Å². The third kappa shape index (κ3) is 3.39. The fraction of sp³-hybridized carbons (Fsp3) is 0.800. The van der Waals surface area contributed by atoms with Crippen LogP contribution in [0.5, 0.6) is 0 Å². The number of nitrogens with one attached hydrogen (secondary N) is 1. The highest BCUT2D eigenvalue weighted by atomic mass is 16.6. The molecule has 5 atom stereocenters. The van der Waals surface area contributed by atoms with Crippen molar-refractivity contribution >= 4 is 11.9 Å². The first-order valence-electron chi connectivity index (χ1n) is 5.29. The lowest BCUT2D eigenvalue weighted by atomic mass is 9.96. The van der Waals surface area contributed by atoms with E-state index in [4.69, 9.17) is 9.47 Å². The van der Waals surface area contributed by atoms with Crippen molar-refractivity contribution < 1.29 is 29.3 Å². The molecule has 1 rings (SSSR count). The number of carbonyl (C=O) groups excluding carboxylic acids is 2.